The first-order valence-corrected chi connectivity index (χ1v) is 8.25. The molecule has 1 saturated carbocycles. The molecule has 8 nitrogen and oxygen atoms in total. The summed E-state index contributed by atoms with van der Waals surface area (Å²) in [6.45, 7) is 1.63. The molecule has 1 aliphatic rings. The Morgan fingerprint density at radius 1 is 1.42 bits per heavy atom. The second-order valence-electron chi connectivity index (χ2n) is 6.03. The van der Waals surface area contributed by atoms with Gasteiger partial charge in [0.15, 0.2) is 0 Å². The number of ether oxygens (including phenoxy) is 1. The molecule has 0 unspecified atom stereocenters. The van der Waals surface area contributed by atoms with Gasteiger partial charge in [-0.2, -0.15) is 10.2 Å². The van der Waals surface area contributed by atoms with E-state index in [1.54, 1.807) is 14.0 Å². The normalized spacial score (nSPS) is 13.9. The predicted molar refractivity (Wildman–Crippen MR) is 87.0 cm³/mol. The molecule has 0 atom stereocenters. The fraction of sp³-hybridized carbons (Fsp3) is 0.500. The van der Waals surface area contributed by atoms with E-state index in [9.17, 15) is 18.4 Å². The van der Waals surface area contributed by atoms with Crippen molar-refractivity contribution < 1.29 is 23.1 Å². The molecule has 1 N–H and O–H groups in total. The Labute approximate surface area is 148 Å². The Morgan fingerprint density at radius 2 is 2.15 bits per heavy atom. The number of nitrogens with one attached hydrogen (secondary N) is 1. The van der Waals surface area contributed by atoms with Gasteiger partial charge >= 0.3 is 5.97 Å². The van der Waals surface area contributed by atoms with Crippen LogP contribution in [0.25, 0.3) is 0 Å². The zero-order valence-electron chi connectivity index (χ0n) is 14.4. The van der Waals surface area contributed by atoms with Gasteiger partial charge in [-0.3, -0.25) is 14.2 Å². The Morgan fingerprint density at radius 3 is 2.77 bits per heavy atom. The van der Waals surface area contributed by atoms with Gasteiger partial charge in [-0.25, -0.2) is 13.6 Å². The highest BCUT2D eigenvalue weighted by Crippen LogP contribution is 2.41. The lowest BCUT2D eigenvalue weighted by molar-refractivity contribution is -0.117. The minimum atomic E-state index is -2.69. The minimum Gasteiger partial charge on any atom is -0.462 e. The van der Waals surface area contributed by atoms with Crippen LogP contribution in [-0.2, 0) is 23.1 Å². The first-order valence-electron chi connectivity index (χ1n) is 8.25. The number of esters is 1. The summed E-state index contributed by atoms with van der Waals surface area (Å²) in [5.74, 6) is -0.754. The van der Waals surface area contributed by atoms with Crippen LogP contribution in [0.2, 0.25) is 0 Å². The molecule has 3 rings (SSSR count). The van der Waals surface area contributed by atoms with Crippen molar-refractivity contribution in [1.82, 2.24) is 19.6 Å². The molecule has 0 radical (unpaired) electrons. The molecular weight excluding hydrogens is 348 g/mol. The summed E-state index contributed by atoms with van der Waals surface area (Å²) in [4.78, 5) is 24.3. The lowest BCUT2D eigenvalue weighted by Crippen LogP contribution is -2.23. The highest BCUT2D eigenvalue weighted by molar-refractivity contribution is 6.00. The number of carbonyl (C=O) groups is 2. The van der Waals surface area contributed by atoms with Crippen LogP contribution in [0, 0.1) is 0 Å². The van der Waals surface area contributed by atoms with Crippen LogP contribution >= 0.6 is 0 Å². The van der Waals surface area contributed by atoms with Gasteiger partial charge in [0.1, 0.15) is 23.6 Å². The van der Waals surface area contributed by atoms with Crippen LogP contribution in [0.1, 0.15) is 53.9 Å². The molecule has 1 aliphatic carbocycles. The van der Waals surface area contributed by atoms with Crippen molar-refractivity contribution in [2.24, 2.45) is 7.05 Å². The lowest BCUT2D eigenvalue weighted by atomic mass is 10.2. The van der Waals surface area contributed by atoms with Gasteiger partial charge in [0, 0.05) is 18.7 Å². The molecule has 10 heteroatoms. The number of anilines is 1. The molecule has 0 aromatic carbocycles. The van der Waals surface area contributed by atoms with E-state index in [0.717, 1.165) is 12.8 Å². The summed E-state index contributed by atoms with van der Waals surface area (Å²) >= 11 is 0. The first kappa shape index (κ1) is 18.0. The third-order valence-corrected chi connectivity index (χ3v) is 4.03. The largest absolute Gasteiger partial charge is 0.462 e. The summed E-state index contributed by atoms with van der Waals surface area (Å²) in [7, 11) is 1.57. The van der Waals surface area contributed by atoms with Crippen LogP contribution in [-0.4, -0.2) is 38.0 Å². The van der Waals surface area contributed by atoms with E-state index >= 15 is 0 Å². The van der Waals surface area contributed by atoms with Crippen molar-refractivity contribution in [2.45, 2.75) is 38.7 Å². The van der Waals surface area contributed by atoms with Crippen molar-refractivity contribution in [1.29, 1.82) is 0 Å². The molecular formula is C16H19F2N5O3. The van der Waals surface area contributed by atoms with Gasteiger partial charge < -0.3 is 10.1 Å². The molecule has 26 heavy (non-hydrogen) atoms. The van der Waals surface area contributed by atoms with Crippen molar-refractivity contribution in [3.05, 3.63) is 29.2 Å². The summed E-state index contributed by atoms with van der Waals surface area (Å²) in [6, 6.07) is 1.35. The number of alkyl halides is 2. The van der Waals surface area contributed by atoms with Gasteiger partial charge in [0.05, 0.1) is 12.8 Å². The number of halogens is 2. The van der Waals surface area contributed by atoms with Crippen molar-refractivity contribution >= 4 is 17.7 Å². The number of hydrogen-bond donors (Lipinski definition) is 1. The van der Waals surface area contributed by atoms with Crippen LogP contribution in [0.5, 0.6) is 0 Å². The molecule has 140 valence electrons. The Hall–Kier alpha value is -2.78. The quantitative estimate of drug-likeness (QED) is 0.758. The molecule has 2 aromatic rings. The summed E-state index contributed by atoms with van der Waals surface area (Å²) in [5, 5.41) is 10.4. The fourth-order valence-electron chi connectivity index (χ4n) is 2.64. The van der Waals surface area contributed by atoms with E-state index in [0.29, 0.717) is 5.69 Å². The Bertz CT molecular complexity index is 826. The molecule has 0 aliphatic heterocycles. The van der Waals surface area contributed by atoms with Crippen molar-refractivity contribution in [2.75, 3.05) is 11.9 Å². The third-order valence-electron chi connectivity index (χ3n) is 4.03. The number of hydrogen-bond acceptors (Lipinski definition) is 5. The summed E-state index contributed by atoms with van der Waals surface area (Å²) in [5.41, 5.74) is 0.414. The summed E-state index contributed by atoms with van der Waals surface area (Å²) < 4.78 is 33.4. The fourth-order valence-corrected chi connectivity index (χ4v) is 2.64. The topological polar surface area (TPSA) is 91.0 Å². The van der Waals surface area contributed by atoms with Gasteiger partial charge in [0.2, 0.25) is 5.91 Å². The van der Waals surface area contributed by atoms with Gasteiger partial charge in [-0.1, -0.05) is 0 Å². The third kappa shape index (κ3) is 3.73. The van der Waals surface area contributed by atoms with E-state index in [2.05, 4.69) is 15.5 Å². The molecule has 0 saturated heterocycles. The molecule has 0 bridgehead atoms. The maximum absolute atomic E-state index is 12.9. The number of nitrogens with zero attached hydrogens (tertiary/aromatic N) is 4. The molecule has 0 spiro atoms. The van der Waals surface area contributed by atoms with E-state index in [1.165, 1.54) is 21.6 Å². The second kappa shape index (κ2) is 7.22. The number of amides is 1. The number of carbonyl (C=O) groups excluding carboxylic acids is 2. The molecule has 2 heterocycles. The highest BCUT2D eigenvalue weighted by atomic mass is 19.3. The zero-order valence-corrected chi connectivity index (χ0v) is 14.4. The highest BCUT2D eigenvalue weighted by Gasteiger charge is 2.30. The van der Waals surface area contributed by atoms with Gasteiger partial charge in [-0.15, -0.1) is 0 Å². The van der Waals surface area contributed by atoms with E-state index in [1.807, 2.05) is 0 Å². The van der Waals surface area contributed by atoms with Crippen LogP contribution in [0.3, 0.4) is 0 Å². The van der Waals surface area contributed by atoms with E-state index in [4.69, 9.17) is 4.74 Å². The van der Waals surface area contributed by atoms with Crippen LogP contribution in [0.15, 0.2) is 12.3 Å². The average molecular weight is 367 g/mol. The second-order valence-corrected chi connectivity index (χ2v) is 6.03. The summed E-state index contributed by atoms with van der Waals surface area (Å²) in [6.07, 6.45) is 0.394. The zero-order chi connectivity index (χ0) is 18.8. The van der Waals surface area contributed by atoms with Gasteiger partial charge in [-0.05, 0) is 25.8 Å². The first-order chi connectivity index (χ1) is 12.4. The standard InChI is InChI=1S/C16H19F2N5O3/c1-3-26-16(25)10-7-19-22(2)15(10)20-13(24)8-23-12(9-4-5-9)6-11(21-23)14(17)18/h6-7,9,14H,3-5,8H2,1-2H3,(H,20,24). The van der Waals surface area contributed by atoms with Crippen LogP contribution in [0.4, 0.5) is 14.6 Å². The Kier molecular flexibility index (Phi) is 5.01. The molecule has 1 amide bonds. The van der Waals surface area contributed by atoms with E-state index in [-0.39, 0.29) is 36.1 Å². The van der Waals surface area contributed by atoms with Crippen LogP contribution < -0.4 is 5.32 Å². The monoisotopic (exact) mass is 367 g/mol. The number of aromatic nitrogens is 4. The average Bonchev–Trinajstić information content (AvgIpc) is 3.24. The van der Waals surface area contributed by atoms with Crippen molar-refractivity contribution in [3.8, 4) is 0 Å². The minimum absolute atomic E-state index is 0.124. The smallest absolute Gasteiger partial charge is 0.343 e. The molecule has 2 aromatic heterocycles. The SMILES string of the molecule is CCOC(=O)c1cnn(C)c1NC(=O)Cn1nc(C(F)F)cc1C1CC1. The molecule has 1 fully saturated rings. The van der Waals surface area contributed by atoms with Crippen molar-refractivity contribution in [3.63, 3.8) is 0 Å². The number of aryl methyl sites for hydroxylation is 1. The predicted octanol–water partition coefficient (Wildman–Crippen LogP) is 2.25. The maximum atomic E-state index is 12.9. The maximum Gasteiger partial charge on any atom is 0.343 e. The lowest BCUT2D eigenvalue weighted by Gasteiger charge is -2.10. The van der Waals surface area contributed by atoms with Gasteiger partial charge in [0.25, 0.3) is 6.43 Å². The van der Waals surface area contributed by atoms with E-state index < -0.39 is 18.3 Å². The number of rotatable bonds is 7. The Balaban J connectivity index is 1.76.